The normalized spacial score (nSPS) is 10.3. The molecule has 1 amide bonds. The van der Waals surface area contributed by atoms with Crippen molar-refractivity contribution in [1.82, 2.24) is 4.98 Å². The van der Waals surface area contributed by atoms with Crippen LogP contribution in [0.25, 0.3) is 0 Å². The lowest BCUT2D eigenvalue weighted by atomic mass is 10.1. The van der Waals surface area contributed by atoms with Gasteiger partial charge in [-0.25, -0.2) is 4.98 Å². The maximum atomic E-state index is 12.1. The lowest BCUT2D eigenvalue weighted by Crippen LogP contribution is -2.14. The quantitative estimate of drug-likeness (QED) is 0.584. The number of nitrogens with zero attached hydrogens (tertiary/aromatic N) is 1. The van der Waals surface area contributed by atoms with Crippen molar-refractivity contribution in [3.8, 4) is 0 Å². The number of amides is 1. The molecule has 1 aromatic carbocycles. The van der Waals surface area contributed by atoms with Crippen LogP contribution in [0.4, 0.5) is 11.4 Å². The number of pyridine rings is 1. The van der Waals surface area contributed by atoms with Gasteiger partial charge in [-0.1, -0.05) is 27.5 Å². The topological polar surface area (TPSA) is 68.0 Å². The second kappa shape index (κ2) is 5.90. The molecule has 4 nitrogen and oxygen atoms in total. The van der Waals surface area contributed by atoms with Gasteiger partial charge < -0.3 is 11.1 Å². The van der Waals surface area contributed by atoms with Gasteiger partial charge in [0.15, 0.2) is 0 Å². The van der Waals surface area contributed by atoms with Crippen LogP contribution in [0.1, 0.15) is 10.4 Å². The van der Waals surface area contributed by atoms with Gasteiger partial charge in [-0.15, -0.1) is 0 Å². The highest BCUT2D eigenvalue weighted by Crippen LogP contribution is 2.24. The maximum absolute atomic E-state index is 12.1. The van der Waals surface area contributed by atoms with E-state index in [0.29, 0.717) is 26.6 Å². The molecular formula is C12H8Br2ClN3O. The number of benzene rings is 1. The molecule has 0 unspecified atom stereocenters. The van der Waals surface area contributed by atoms with Crippen LogP contribution < -0.4 is 11.1 Å². The summed E-state index contributed by atoms with van der Waals surface area (Å²) in [6.45, 7) is 0. The van der Waals surface area contributed by atoms with E-state index in [1.54, 1.807) is 24.3 Å². The van der Waals surface area contributed by atoms with Crippen molar-refractivity contribution in [2.24, 2.45) is 0 Å². The minimum Gasteiger partial charge on any atom is -0.398 e. The van der Waals surface area contributed by atoms with Gasteiger partial charge in [0, 0.05) is 10.2 Å². The summed E-state index contributed by atoms with van der Waals surface area (Å²) in [6.07, 6.45) is 1.47. The number of nitrogens with two attached hydrogens (primary N) is 1. The van der Waals surface area contributed by atoms with Gasteiger partial charge in [0.25, 0.3) is 5.91 Å². The second-order valence-corrected chi connectivity index (χ2v) is 5.81. The predicted molar refractivity (Wildman–Crippen MR) is 83.5 cm³/mol. The molecule has 0 fully saturated rings. The molecule has 7 heteroatoms. The number of hydrogen-bond acceptors (Lipinski definition) is 3. The van der Waals surface area contributed by atoms with Gasteiger partial charge in [-0.2, -0.15) is 0 Å². The summed E-state index contributed by atoms with van der Waals surface area (Å²) in [5, 5.41) is 3.04. The Morgan fingerprint density at radius 3 is 2.68 bits per heavy atom. The van der Waals surface area contributed by atoms with Crippen molar-refractivity contribution in [1.29, 1.82) is 0 Å². The smallest absolute Gasteiger partial charge is 0.257 e. The molecule has 2 aromatic rings. The Kier molecular flexibility index (Phi) is 4.44. The highest BCUT2D eigenvalue weighted by Gasteiger charge is 2.11. The van der Waals surface area contributed by atoms with Crippen LogP contribution in [-0.4, -0.2) is 10.9 Å². The minimum absolute atomic E-state index is 0.305. The molecule has 0 radical (unpaired) electrons. The molecule has 0 saturated carbocycles. The van der Waals surface area contributed by atoms with Gasteiger partial charge in [-0.3, -0.25) is 4.79 Å². The fraction of sp³-hybridized carbons (Fsp3) is 0. The Morgan fingerprint density at radius 1 is 1.32 bits per heavy atom. The summed E-state index contributed by atoms with van der Waals surface area (Å²) in [4.78, 5) is 16.0. The highest BCUT2D eigenvalue weighted by molar-refractivity contribution is 9.10. The standard InChI is InChI=1S/C12H8Br2ClN3O/c13-6-1-2-8(10(16)3-6)12(19)18-7-4-9(14)11(15)17-5-7/h1-5H,16H2,(H,18,19). The lowest BCUT2D eigenvalue weighted by Gasteiger charge is -2.08. The van der Waals surface area contributed by atoms with E-state index in [1.807, 2.05) is 0 Å². The minimum atomic E-state index is -0.305. The van der Waals surface area contributed by atoms with Gasteiger partial charge in [0.1, 0.15) is 5.15 Å². The van der Waals surface area contributed by atoms with E-state index in [-0.39, 0.29) is 5.91 Å². The number of hydrogen-bond donors (Lipinski definition) is 2. The molecule has 98 valence electrons. The lowest BCUT2D eigenvalue weighted by molar-refractivity contribution is 0.102. The van der Waals surface area contributed by atoms with Crippen LogP contribution in [0.15, 0.2) is 39.4 Å². The molecule has 0 spiro atoms. The summed E-state index contributed by atoms with van der Waals surface area (Å²) < 4.78 is 1.42. The highest BCUT2D eigenvalue weighted by atomic mass is 79.9. The number of halogens is 3. The average molecular weight is 405 g/mol. The van der Waals surface area contributed by atoms with Crippen molar-refractivity contribution in [2.45, 2.75) is 0 Å². The van der Waals surface area contributed by atoms with Crippen LogP contribution in [0.3, 0.4) is 0 Å². The van der Waals surface area contributed by atoms with E-state index < -0.39 is 0 Å². The summed E-state index contributed by atoms with van der Waals surface area (Å²) in [5.41, 5.74) is 7.12. The van der Waals surface area contributed by atoms with Crippen molar-refractivity contribution < 1.29 is 4.79 Å². The summed E-state index contributed by atoms with van der Waals surface area (Å²) in [6, 6.07) is 6.74. The number of nitrogen functional groups attached to an aromatic ring is 1. The summed E-state index contributed by atoms with van der Waals surface area (Å²) in [5.74, 6) is -0.305. The van der Waals surface area contributed by atoms with E-state index in [0.717, 1.165) is 4.47 Å². The molecule has 0 aliphatic heterocycles. The third-order valence-electron chi connectivity index (χ3n) is 2.31. The Labute approximate surface area is 131 Å². The van der Waals surface area contributed by atoms with E-state index in [2.05, 4.69) is 42.2 Å². The summed E-state index contributed by atoms with van der Waals surface area (Å²) >= 11 is 12.3. The Hall–Kier alpha value is -1.11. The molecule has 1 heterocycles. The zero-order valence-corrected chi connectivity index (χ0v) is 13.4. The first-order valence-corrected chi connectivity index (χ1v) is 7.11. The van der Waals surface area contributed by atoms with Gasteiger partial charge in [-0.05, 0) is 40.2 Å². The molecule has 19 heavy (non-hydrogen) atoms. The van der Waals surface area contributed by atoms with Crippen LogP contribution in [0.2, 0.25) is 5.15 Å². The van der Waals surface area contributed by atoms with E-state index >= 15 is 0 Å². The third kappa shape index (κ3) is 3.46. The summed E-state index contributed by atoms with van der Waals surface area (Å²) in [7, 11) is 0. The first-order valence-electron chi connectivity index (χ1n) is 5.15. The van der Waals surface area contributed by atoms with Crippen LogP contribution in [-0.2, 0) is 0 Å². The Balaban J connectivity index is 2.23. The van der Waals surface area contributed by atoms with Gasteiger partial charge in [0.2, 0.25) is 0 Å². The fourth-order valence-corrected chi connectivity index (χ4v) is 2.26. The van der Waals surface area contributed by atoms with Crippen molar-refractivity contribution in [2.75, 3.05) is 11.1 Å². The molecular weight excluding hydrogens is 397 g/mol. The zero-order chi connectivity index (χ0) is 14.0. The van der Waals surface area contributed by atoms with Crippen LogP contribution >= 0.6 is 43.5 Å². The molecule has 1 aromatic heterocycles. The predicted octanol–water partition coefficient (Wildman–Crippen LogP) is 4.09. The Bertz CT molecular complexity index is 649. The van der Waals surface area contributed by atoms with Gasteiger partial charge in [0.05, 0.1) is 21.9 Å². The van der Waals surface area contributed by atoms with Crippen molar-refractivity contribution in [3.05, 3.63) is 50.1 Å². The number of nitrogens with one attached hydrogen (secondary N) is 1. The molecule has 2 rings (SSSR count). The van der Waals surface area contributed by atoms with E-state index in [1.165, 1.54) is 6.20 Å². The largest absolute Gasteiger partial charge is 0.398 e. The monoisotopic (exact) mass is 403 g/mol. The zero-order valence-electron chi connectivity index (χ0n) is 9.45. The molecule has 0 aliphatic rings. The number of aromatic nitrogens is 1. The average Bonchev–Trinajstić information content (AvgIpc) is 2.33. The molecule has 0 aliphatic carbocycles. The number of carbonyl (C=O) groups excluding carboxylic acids is 1. The first kappa shape index (κ1) is 14.3. The number of anilines is 2. The third-order valence-corrected chi connectivity index (χ3v) is 3.94. The van der Waals surface area contributed by atoms with E-state index in [9.17, 15) is 4.79 Å². The number of carbonyl (C=O) groups is 1. The van der Waals surface area contributed by atoms with Crippen molar-refractivity contribution >= 4 is 60.7 Å². The molecule has 0 bridgehead atoms. The molecule has 3 N–H and O–H groups in total. The van der Waals surface area contributed by atoms with Crippen LogP contribution in [0, 0.1) is 0 Å². The molecule has 0 atom stereocenters. The second-order valence-electron chi connectivity index (χ2n) is 3.68. The molecule has 0 saturated heterocycles. The van der Waals surface area contributed by atoms with Crippen molar-refractivity contribution in [3.63, 3.8) is 0 Å². The SMILES string of the molecule is Nc1cc(Br)ccc1C(=O)Nc1cnc(Cl)c(Br)c1. The fourth-order valence-electron chi connectivity index (χ4n) is 1.43. The number of rotatable bonds is 2. The maximum Gasteiger partial charge on any atom is 0.257 e. The van der Waals surface area contributed by atoms with Gasteiger partial charge >= 0.3 is 0 Å². The van der Waals surface area contributed by atoms with E-state index in [4.69, 9.17) is 17.3 Å². The first-order chi connectivity index (χ1) is 8.97. The Morgan fingerprint density at radius 2 is 2.05 bits per heavy atom. The van der Waals surface area contributed by atoms with Crippen LogP contribution in [0.5, 0.6) is 0 Å².